The number of carbonyl (C=O) groups excluding carboxylic acids is 1. The first-order valence-electron chi connectivity index (χ1n) is 11.4. The minimum absolute atomic E-state index is 0.150. The van der Waals surface area contributed by atoms with Crippen LogP contribution in [-0.4, -0.2) is 37.8 Å². The number of oxime groups is 1. The fraction of sp³-hybridized carbons (Fsp3) is 0.417. The molecule has 0 bridgehead atoms. The van der Waals surface area contributed by atoms with Crippen molar-refractivity contribution < 1.29 is 22.8 Å². The van der Waals surface area contributed by atoms with Crippen molar-refractivity contribution in [3.8, 4) is 0 Å². The number of thiazole rings is 1. The van der Waals surface area contributed by atoms with Crippen LogP contribution >= 0.6 is 11.3 Å². The summed E-state index contributed by atoms with van der Waals surface area (Å²) in [6, 6.07) is 10.6. The highest BCUT2D eigenvalue weighted by Gasteiger charge is 2.36. The van der Waals surface area contributed by atoms with E-state index < -0.39 is 11.9 Å². The molecule has 2 unspecified atom stereocenters. The number of aromatic nitrogens is 3. The molecule has 2 aliphatic rings. The van der Waals surface area contributed by atoms with Gasteiger partial charge in [-0.15, -0.1) is 11.3 Å². The lowest BCUT2D eigenvalue weighted by Gasteiger charge is -2.34. The lowest BCUT2D eigenvalue weighted by atomic mass is 10.0. The van der Waals surface area contributed by atoms with Crippen molar-refractivity contribution in [2.45, 2.75) is 57.5 Å². The topological polar surface area (TPSA) is 72.6 Å². The predicted molar refractivity (Wildman–Crippen MR) is 124 cm³/mol. The Morgan fingerprint density at radius 2 is 2.03 bits per heavy atom. The molecule has 0 radical (unpaired) electrons. The van der Waals surface area contributed by atoms with Crippen molar-refractivity contribution in [2.24, 2.45) is 5.16 Å². The fourth-order valence-electron chi connectivity index (χ4n) is 4.46. The van der Waals surface area contributed by atoms with Gasteiger partial charge in [0.15, 0.2) is 11.8 Å². The SMILES string of the molecule is Cc1cc(C(F)(F)F)nn1CC(=O)N1CCCCC1c1nc(C2=NOC(c3ccccc3)C2)cs1. The molecule has 35 heavy (non-hydrogen) atoms. The number of aryl methyl sites for hydroxylation is 1. The first-order chi connectivity index (χ1) is 16.8. The van der Waals surface area contributed by atoms with Crippen LogP contribution in [0, 0.1) is 6.92 Å². The molecule has 0 saturated carbocycles. The van der Waals surface area contributed by atoms with Gasteiger partial charge in [-0.05, 0) is 37.8 Å². The van der Waals surface area contributed by atoms with Gasteiger partial charge in [0.05, 0.1) is 11.7 Å². The number of halogens is 3. The molecule has 1 saturated heterocycles. The average Bonchev–Trinajstić information content (AvgIpc) is 3.59. The number of hydrogen-bond donors (Lipinski definition) is 0. The number of nitrogens with zero attached hydrogens (tertiary/aromatic N) is 5. The molecule has 4 heterocycles. The highest BCUT2D eigenvalue weighted by Crippen LogP contribution is 2.35. The summed E-state index contributed by atoms with van der Waals surface area (Å²) in [6.07, 6.45) is -1.55. The Labute approximate surface area is 204 Å². The summed E-state index contributed by atoms with van der Waals surface area (Å²) in [5.41, 5.74) is 1.85. The van der Waals surface area contributed by atoms with Crippen molar-refractivity contribution in [1.29, 1.82) is 0 Å². The predicted octanol–water partition coefficient (Wildman–Crippen LogP) is 5.29. The molecule has 1 fully saturated rings. The Hall–Kier alpha value is -3.21. The van der Waals surface area contributed by atoms with Gasteiger partial charge in [-0.1, -0.05) is 35.5 Å². The molecule has 0 aliphatic carbocycles. The standard InChI is InChI=1S/C24H24F3N5O2S/c1-15-11-21(24(25,26)27)29-32(15)13-22(33)31-10-6-5-9-19(31)23-28-18(14-35-23)17-12-20(34-30-17)16-7-3-2-4-8-16/h2-4,7-8,11,14,19-20H,5-6,9-10,12-13H2,1H3. The van der Waals surface area contributed by atoms with Gasteiger partial charge >= 0.3 is 6.18 Å². The molecule has 2 aliphatic heterocycles. The second-order valence-corrected chi connectivity index (χ2v) is 9.63. The number of piperidine rings is 1. The Balaban J connectivity index is 1.29. The Morgan fingerprint density at radius 3 is 2.77 bits per heavy atom. The molecule has 2 atom stereocenters. The van der Waals surface area contributed by atoms with Crippen LogP contribution in [0.4, 0.5) is 13.2 Å². The van der Waals surface area contributed by atoms with Crippen LogP contribution < -0.4 is 0 Å². The van der Waals surface area contributed by atoms with E-state index in [1.807, 2.05) is 35.7 Å². The first kappa shape index (κ1) is 23.5. The molecule has 2 aromatic heterocycles. The maximum absolute atomic E-state index is 13.1. The van der Waals surface area contributed by atoms with E-state index >= 15 is 0 Å². The molecule has 0 spiro atoms. The molecule has 1 amide bonds. The van der Waals surface area contributed by atoms with Crippen LogP contribution in [0.1, 0.15) is 65.5 Å². The highest BCUT2D eigenvalue weighted by molar-refractivity contribution is 7.10. The molecule has 0 N–H and O–H groups in total. The smallest absolute Gasteiger partial charge is 0.387 e. The lowest BCUT2D eigenvalue weighted by molar-refractivity contribution is -0.142. The largest absolute Gasteiger partial charge is 0.435 e. The van der Waals surface area contributed by atoms with Crippen molar-refractivity contribution in [3.63, 3.8) is 0 Å². The third-order valence-corrected chi connectivity index (χ3v) is 7.27. The number of likely N-dealkylation sites (tertiary alicyclic amines) is 1. The van der Waals surface area contributed by atoms with Gasteiger partial charge in [-0.25, -0.2) is 4.98 Å². The third kappa shape index (κ3) is 4.95. The van der Waals surface area contributed by atoms with Crippen LogP contribution in [0.15, 0.2) is 46.9 Å². The number of hydrogen-bond acceptors (Lipinski definition) is 6. The van der Waals surface area contributed by atoms with E-state index in [1.165, 1.54) is 18.3 Å². The maximum atomic E-state index is 13.1. The first-order valence-corrected chi connectivity index (χ1v) is 12.3. The zero-order valence-electron chi connectivity index (χ0n) is 19.0. The van der Waals surface area contributed by atoms with Crippen LogP contribution in [0.3, 0.4) is 0 Å². The third-order valence-electron chi connectivity index (χ3n) is 6.32. The van der Waals surface area contributed by atoms with Crippen molar-refractivity contribution in [3.05, 3.63) is 69.4 Å². The molecule has 11 heteroatoms. The summed E-state index contributed by atoms with van der Waals surface area (Å²) in [4.78, 5) is 25.3. The molecule has 7 nitrogen and oxygen atoms in total. The summed E-state index contributed by atoms with van der Waals surface area (Å²) in [5.74, 6) is -0.267. The van der Waals surface area contributed by atoms with Crippen LogP contribution in [0.2, 0.25) is 0 Å². The van der Waals surface area contributed by atoms with Crippen molar-refractivity contribution in [2.75, 3.05) is 6.54 Å². The van der Waals surface area contributed by atoms with Crippen LogP contribution in [0.5, 0.6) is 0 Å². The van der Waals surface area contributed by atoms with E-state index in [-0.39, 0.29) is 24.6 Å². The van der Waals surface area contributed by atoms with E-state index in [0.717, 1.165) is 52.0 Å². The second kappa shape index (κ2) is 9.44. The normalized spacial score (nSPS) is 20.6. The number of rotatable bonds is 5. The zero-order valence-corrected chi connectivity index (χ0v) is 19.8. The summed E-state index contributed by atoms with van der Waals surface area (Å²) >= 11 is 1.47. The lowest BCUT2D eigenvalue weighted by Crippen LogP contribution is -2.40. The van der Waals surface area contributed by atoms with E-state index in [0.29, 0.717) is 18.7 Å². The summed E-state index contributed by atoms with van der Waals surface area (Å²) < 4.78 is 40.2. The van der Waals surface area contributed by atoms with Gasteiger partial charge in [-0.3, -0.25) is 9.48 Å². The second-order valence-electron chi connectivity index (χ2n) is 8.74. The van der Waals surface area contributed by atoms with Gasteiger partial charge in [0.2, 0.25) is 5.91 Å². The maximum Gasteiger partial charge on any atom is 0.435 e. The number of benzene rings is 1. The Bertz CT molecular complexity index is 1240. The molecular formula is C24H24F3N5O2S. The fourth-order valence-corrected chi connectivity index (χ4v) is 5.44. The van der Waals surface area contributed by atoms with Crippen molar-refractivity contribution in [1.82, 2.24) is 19.7 Å². The van der Waals surface area contributed by atoms with E-state index in [1.54, 1.807) is 4.90 Å². The van der Waals surface area contributed by atoms with Gasteiger partial charge in [0, 0.05) is 24.0 Å². The Morgan fingerprint density at radius 1 is 1.23 bits per heavy atom. The van der Waals surface area contributed by atoms with Gasteiger partial charge in [0.25, 0.3) is 0 Å². The number of carbonyl (C=O) groups is 1. The zero-order chi connectivity index (χ0) is 24.6. The number of alkyl halides is 3. The van der Waals surface area contributed by atoms with Crippen LogP contribution in [-0.2, 0) is 22.4 Å². The molecule has 3 aromatic rings. The molecule has 1 aromatic carbocycles. The van der Waals surface area contributed by atoms with E-state index in [4.69, 9.17) is 9.82 Å². The monoisotopic (exact) mass is 503 g/mol. The molecule has 184 valence electrons. The minimum Gasteiger partial charge on any atom is -0.387 e. The average molecular weight is 504 g/mol. The summed E-state index contributed by atoms with van der Waals surface area (Å²) in [7, 11) is 0. The van der Waals surface area contributed by atoms with Crippen LogP contribution in [0.25, 0.3) is 0 Å². The van der Waals surface area contributed by atoms with Gasteiger partial charge in [-0.2, -0.15) is 18.3 Å². The summed E-state index contributed by atoms with van der Waals surface area (Å²) in [6.45, 7) is 1.81. The van der Waals surface area contributed by atoms with Gasteiger partial charge in [0.1, 0.15) is 17.3 Å². The minimum atomic E-state index is -4.55. The quantitative estimate of drug-likeness (QED) is 0.475. The summed E-state index contributed by atoms with van der Waals surface area (Å²) in [5, 5.41) is 10.6. The Kier molecular flexibility index (Phi) is 6.35. The van der Waals surface area contributed by atoms with Crippen molar-refractivity contribution >= 4 is 23.0 Å². The number of amides is 1. The van der Waals surface area contributed by atoms with E-state index in [2.05, 4.69) is 10.3 Å². The van der Waals surface area contributed by atoms with E-state index in [9.17, 15) is 18.0 Å². The molecule has 5 rings (SSSR count). The highest BCUT2D eigenvalue weighted by atomic mass is 32.1. The van der Waals surface area contributed by atoms with Gasteiger partial charge < -0.3 is 9.74 Å². The molecular weight excluding hydrogens is 479 g/mol.